The minimum atomic E-state index is -0.104. The van der Waals surface area contributed by atoms with Crippen LogP contribution in [0.15, 0.2) is 24.5 Å². The number of carbonyl (C=O) groups is 1. The van der Waals surface area contributed by atoms with Crippen LogP contribution in [0.4, 0.5) is 4.79 Å². The Hall–Kier alpha value is -1.66. The fraction of sp³-hybridized carbons (Fsp3) is 0.571. The molecule has 0 radical (unpaired) electrons. The van der Waals surface area contributed by atoms with E-state index < -0.39 is 0 Å². The lowest BCUT2D eigenvalue weighted by molar-refractivity contribution is 0.188. The van der Waals surface area contributed by atoms with Crippen LogP contribution in [-0.2, 0) is 11.3 Å². The zero-order valence-electron chi connectivity index (χ0n) is 11.6. The highest BCUT2D eigenvalue weighted by molar-refractivity contribution is 5.74. The second-order valence-corrected chi connectivity index (χ2v) is 4.85. The number of amides is 2. The van der Waals surface area contributed by atoms with E-state index in [-0.39, 0.29) is 12.1 Å². The lowest BCUT2D eigenvalue weighted by atomic mass is 10.3. The molecule has 2 amide bonds. The Morgan fingerprint density at radius 3 is 3.15 bits per heavy atom. The van der Waals surface area contributed by atoms with Crippen molar-refractivity contribution in [3.05, 3.63) is 30.1 Å². The van der Waals surface area contributed by atoms with Crippen molar-refractivity contribution in [2.45, 2.75) is 25.4 Å². The van der Waals surface area contributed by atoms with E-state index in [1.807, 2.05) is 18.3 Å². The van der Waals surface area contributed by atoms with Crippen LogP contribution >= 0.6 is 0 Å². The van der Waals surface area contributed by atoms with Crippen LogP contribution in [0.2, 0.25) is 0 Å². The Labute approximate surface area is 119 Å². The molecule has 0 bridgehead atoms. The third-order valence-electron chi connectivity index (χ3n) is 3.13. The minimum Gasteiger partial charge on any atom is -0.379 e. The number of nitrogens with one attached hydrogen (secondary N) is 3. The fourth-order valence-electron chi connectivity index (χ4n) is 2.04. The van der Waals surface area contributed by atoms with Gasteiger partial charge in [0.1, 0.15) is 0 Å². The molecule has 0 saturated carbocycles. The van der Waals surface area contributed by atoms with E-state index in [0.717, 1.165) is 32.5 Å². The number of aromatic nitrogens is 1. The van der Waals surface area contributed by atoms with Gasteiger partial charge in [0.05, 0.1) is 12.6 Å². The summed E-state index contributed by atoms with van der Waals surface area (Å²) in [5, 5.41) is 9.06. The highest BCUT2D eigenvalue weighted by Gasteiger charge is 2.16. The Morgan fingerprint density at radius 1 is 1.45 bits per heavy atom. The molecular formula is C14H22N4O2. The van der Waals surface area contributed by atoms with Gasteiger partial charge in [-0.15, -0.1) is 0 Å². The van der Waals surface area contributed by atoms with Crippen LogP contribution in [-0.4, -0.2) is 43.4 Å². The predicted molar refractivity (Wildman–Crippen MR) is 76.3 cm³/mol. The van der Waals surface area contributed by atoms with Gasteiger partial charge in [0.25, 0.3) is 0 Å². The first-order chi connectivity index (χ1) is 9.84. The predicted octanol–water partition coefficient (Wildman–Crippen LogP) is 0.649. The van der Waals surface area contributed by atoms with Crippen molar-refractivity contribution in [3.63, 3.8) is 0 Å². The summed E-state index contributed by atoms with van der Waals surface area (Å²) < 4.78 is 5.20. The molecule has 2 heterocycles. The molecule has 1 saturated heterocycles. The largest absolute Gasteiger partial charge is 0.379 e. The topological polar surface area (TPSA) is 75.3 Å². The number of ether oxygens (including phenoxy) is 1. The van der Waals surface area contributed by atoms with Gasteiger partial charge in [0.2, 0.25) is 0 Å². The van der Waals surface area contributed by atoms with E-state index in [1.165, 1.54) is 5.56 Å². The van der Waals surface area contributed by atoms with Gasteiger partial charge in [-0.1, -0.05) is 6.07 Å². The molecule has 1 unspecified atom stereocenters. The SMILES string of the molecule is O=C(NCCCNCc1cccnc1)NC1CCOC1. The summed E-state index contributed by atoms with van der Waals surface area (Å²) in [6.07, 6.45) is 5.42. The number of rotatable bonds is 7. The molecule has 1 aliphatic heterocycles. The molecule has 1 fully saturated rings. The molecule has 0 aliphatic carbocycles. The summed E-state index contributed by atoms with van der Waals surface area (Å²) in [5.41, 5.74) is 1.17. The summed E-state index contributed by atoms with van der Waals surface area (Å²) in [6.45, 7) is 3.70. The zero-order valence-corrected chi connectivity index (χ0v) is 11.6. The Bertz CT molecular complexity index is 393. The Morgan fingerprint density at radius 2 is 2.40 bits per heavy atom. The number of pyridine rings is 1. The van der Waals surface area contributed by atoms with Crippen molar-refractivity contribution in [3.8, 4) is 0 Å². The molecule has 1 atom stereocenters. The van der Waals surface area contributed by atoms with Crippen molar-refractivity contribution >= 4 is 6.03 Å². The summed E-state index contributed by atoms with van der Waals surface area (Å²) in [7, 11) is 0. The molecule has 3 N–H and O–H groups in total. The average molecular weight is 278 g/mol. The van der Waals surface area contributed by atoms with Gasteiger partial charge >= 0.3 is 6.03 Å². The summed E-state index contributed by atoms with van der Waals surface area (Å²) in [6, 6.07) is 4.02. The number of urea groups is 1. The van der Waals surface area contributed by atoms with Crippen LogP contribution in [0.1, 0.15) is 18.4 Å². The first-order valence-electron chi connectivity index (χ1n) is 7.06. The molecule has 2 rings (SSSR count). The molecule has 1 aromatic rings. The van der Waals surface area contributed by atoms with Gasteiger partial charge in [-0.3, -0.25) is 4.98 Å². The maximum Gasteiger partial charge on any atom is 0.315 e. The average Bonchev–Trinajstić information content (AvgIpc) is 2.96. The molecule has 0 spiro atoms. The third-order valence-corrected chi connectivity index (χ3v) is 3.13. The summed E-state index contributed by atoms with van der Waals surface area (Å²) >= 11 is 0. The van der Waals surface area contributed by atoms with Crippen LogP contribution in [0.25, 0.3) is 0 Å². The Kier molecular flexibility index (Phi) is 6.26. The van der Waals surface area contributed by atoms with E-state index in [1.54, 1.807) is 6.20 Å². The lowest BCUT2D eigenvalue weighted by Crippen LogP contribution is -2.43. The number of hydrogen-bond acceptors (Lipinski definition) is 4. The molecule has 110 valence electrons. The maximum absolute atomic E-state index is 11.5. The standard InChI is InChI=1S/C14H22N4O2/c19-14(18-13-4-8-20-11-13)17-7-2-6-16-10-12-3-1-5-15-9-12/h1,3,5,9,13,16H,2,4,6-8,10-11H2,(H2,17,18,19). The molecule has 0 aromatic carbocycles. The first-order valence-corrected chi connectivity index (χ1v) is 7.06. The summed E-state index contributed by atoms with van der Waals surface area (Å²) in [5.74, 6) is 0. The van der Waals surface area contributed by atoms with E-state index in [9.17, 15) is 4.79 Å². The van der Waals surface area contributed by atoms with E-state index in [4.69, 9.17) is 4.74 Å². The van der Waals surface area contributed by atoms with Crippen LogP contribution in [0.5, 0.6) is 0 Å². The van der Waals surface area contributed by atoms with Gasteiger partial charge in [-0.25, -0.2) is 4.79 Å². The lowest BCUT2D eigenvalue weighted by Gasteiger charge is -2.12. The molecular weight excluding hydrogens is 256 g/mol. The second kappa shape index (κ2) is 8.50. The summed E-state index contributed by atoms with van der Waals surface area (Å²) in [4.78, 5) is 15.6. The number of hydrogen-bond donors (Lipinski definition) is 3. The highest BCUT2D eigenvalue weighted by atomic mass is 16.5. The van der Waals surface area contributed by atoms with E-state index >= 15 is 0 Å². The van der Waals surface area contributed by atoms with Crippen molar-refractivity contribution in [1.29, 1.82) is 0 Å². The van der Waals surface area contributed by atoms with Crippen LogP contribution in [0.3, 0.4) is 0 Å². The van der Waals surface area contributed by atoms with Crippen molar-refractivity contribution < 1.29 is 9.53 Å². The second-order valence-electron chi connectivity index (χ2n) is 4.85. The zero-order chi connectivity index (χ0) is 14.0. The highest BCUT2D eigenvalue weighted by Crippen LogP contribution is 2.02. The molecule has 1 aliphatic rings. The van der Waals surface area contributed by atoms with E-state index in [0.29, 0.717) is 13.2 Å². The van der Waals surface area contributed by atoms with Crippen molar-refractivity contribution in [2.24, 2.45) is 0 Å². The van der Waals surface area contributed by atoms with Gasteiger partial charge in [-0.2, -0.15) is 0 Å². The van der Waals surface area contributed by atoms with Crippen LogP contribution < -0.4 is 16.0 Å². The molecule has 6 heteroatoms. The third kappa shape index (κ3) is 5.54. The number of nitrogens with zero attached hydrogens (tertiary/aromatic N) is 1. The maximum atomic E-state index is 11.5. The minimum absolute atomic E-state index is 0.104. The molecule has 6 nitrogen and oxygen atoms in total. The smallest absolute Gasteiger partial charge is 0.315 e. The fourth-order valence-corrected chi connectivity index (χ4v) is 2.04. The van der Waals surface area contributed by atoms with Crippen molar-refractivity contribution in [2.75, 3.05) is 26.3 Å². The molecule has 20 heavy (non-hydrogen) atoms. The van der Waals surface area contributed by atoms with E-state index in [2.05, 4.69) is 20.9 Å². The van der Waals surface area contributed by atoms with Gasteiger partial charge in [0, 0.05) is 32.1 Å². The quantitative estimate of drug-likeness (QED) is 0.640. The molecule has 1 aromatic heterocycles. The van der Waals surface area contributed by atoms with Crippen LogP contribution in [0, 0.1) is 0 Å². The van der Waals surface area contributed by atoms with Gasteiger partial charge < -0.3 is 20.7 Å². The normalized spacial score (nSPS) is 17.9. The monoisotopic (exact) mass is 278 g/mol. The van der Waals surface area contributed by atoms with Crippen molar-refractivity contribution in [1.82, 2.24) is 20.9 Å². The number of carbonyl (C=O) groups excluding carboxylic acids is 1. The van der Waals surface area contributed by atoms with Gasteiger partial charge in [-0.05, 0) is 31.0 Å². The Balaban J connectivity index is 1.46. The van der Waals surface area contributed by atoms with Gasteiger partial charge in [0.15, 0.2) is 0 Å². The first kappa shape index (κ1) is 14.7.